The lowest BCUT2D eigenvalue weighted by atomic mass is 10.2. The third kappa shape index (κ3) is 7.08. The summed E-state index contributed by atoms with van der Waals surface area (Å²) in [5.41, 5.74) is 1.13. The Labute approximate surface area is 179 Å². The van der Waals surface area contributed by atoms with E-state index in [4.69, 9.17) is 9.47 Å². The highest BCUT2D eigenvalue weighted by Gasteiger charge is 2.21. The Morgan fingerprint density at radius 3 is 2.56 bits per heavy atom. The number of nitrogens with one attached hydrogen (secondary N) is 1. The van der Waals surface area contributed by atoms with Gasteiger partial charge in [-0.3, -0.25) is 9.79 Å². The van der Waals surface area contributed by atoms with Crippen LogP contribution < -0.4 is 15.0 Å². The number of benzene rings is 1. The van der Waals surface area contributed by atoms with E-state index in [1.807, 2.05) is 25.1 Å². The van der Waals surface area contributed by atoms with Crippen LogP contribution >= 0.6 is 24.0 Å². The van der Waals surface area contributed by atoms with Crippen LogP contribution in [0.1, 0.15) is 19.8 Å². The van der Waals surface area contributed by atoms with E-state index in [-0.39, 0.29) is 29.9 Å². The lowest BCUT2D eigenvalue weighted by Gasteiger charge is -2.38. The highest BCUT2D eigenvalue weighted by molar-refractivity contribution is 14.0. The van der Waals surface area contributed by atoms with Crippen LogP contribution in [0.25, 0.3) is 0 Å². The predicted molar refractivity (Wildman–Crippen MR) is 119 cm³/mol. The second-order valence-corrected chi connectivity index (χ2v) is 6.03. The van der Waals surface area contributed by atoms with Crippen LogP contribution in [0.2, 0.25) is 0 Å². The topological polar surface area (TPSA) is 66.4 Å². The largest absolute Gasteiger partial charge is 0.495 e. The van der Waals surface area contributed by atoms with Crippen LogP contribution in [0.4, 0.5) is 5.69 Å². The van der Waals surface area contributed by atoms with Crippen molar-refractivity contribution >= 4 is 41.6 Å². The number of guanidine groups is 1. The van der Waals surface area contributed by atoms with Gasteiger partial charge in [0.25, 0.3) is 0 Å². The second-order valence-electron chi connectivity index (χ2n) is 6.03. The third-order valence-corrected chi connectivity index (χ3v) is 4.36. The van der Waals surface area contributed by atoms with E-state index in [0.717, 1.165) is 50.0 Å². The van der Waals surface area contributed by atoms with Crippen molar-refractivity contribution in [1.82, 2.24) is 10.2 Å². The zero-order valence-corrected chi connectivity index (χ0v) is 18.8. The molecule has 0 aliphatic carbocycles. The van der Waals surface area contributed by atoms with Crippen molar-refractivity contribution in [3.8, 4) is 5.75 Å². The highest BCUT2D eigenvalue weighted by Crippen LogP contribution is 2.28. The number of ether oxygens (including phenoxy) is 2. The summed E-state index contributed by atoms with van der Waals surface area (Å²) in [5.74, 6) is 1.64. The van der Waals surface area contributed by atoms with Crippen LogP contribution in [-0.4, -0.2) is 70.3 Å². The molecule has 0 radical (unpaired) electrons. The van der Waals surface area contributed by atoms with Gasteiger partial charge in [0.1, 0.15) is 5.75 Å². The standard InChI is InChI=1S/C19H30N4O3.HI/c1-4-26-18(24)10-7-11-21-19(20-2)23-14-12-22(13-15-23)16-8-5-6-9-17(16)25-3;/h5-6,8-9H,4,7,10-15H2,1-3H3,(H,20,21);1H. The fourth-order valence-corrected chi connectivity index (χ4v) is 3.05. The molecule has 0 aromatic heterocycles. The van der Waals surface area contributed by atoms with Gasteiger partial charge in [-0.15, -0.1) is 24.0 Å². The van der Waals surface area contributed by atoms with Crippen molar-refractivity contribution in [3.05, 3.63) is 24.3 Å². The summed E-state index contributed by atoms with van der Waals surface area (Å²) in [6.45, 7) is 6.55. The van der Waals surface area contributed by atoms with Gasteiger partial charge in [-0.05, 0) is 25.5 Å². The molecule has 1 N–H and O–H groups in total. The summed E-state index contributed by atoms with van der Waals surface area (Å²) >= 11 is 0. The maximum Gasteiger partial charge on any atom is 0.305 e. The molecule has 1 aromatic carbocycles. The van der Waals surface area contributed by atoms with Crippen LogP contribution in [0.15, 0.2) is 29.3 Å². The zero-order valence-electron chi connectivity index (χ0n) is 16.4. The number of methoxy groups -OCH3 is 1. The molecule has 152 valence electrons. The molecule has 1 saturated heterocycles. The Kier molecular flexibility index (Phi) is 10.9. The van der Waals surface area contributed by atoms with Gasteiger partial charge < -0.3 is 24.6 Å². The fourth-order valence-electron chi connectivity index (χ4n) is 3.05. The maximum absolute atomic E-state index is 11.4. The Balaban J connectivity index is 0.00000364. The van der Waals surface area contributed by atoms with Crippen molar-refractivity contribution in [3.63, 3.8) is 0 Å². The van der Waals surface area contributed by atoms with Gasteiger partial charge in [0.05, 0.1) is 19.4 Å². The quantitative estimate of drug-likeness (QED) is 0.208. The minimum absolute atomic E-state index is 0. The van der Waals surface area contributed by atoms with E-state index in [0.29, 0.717) is 19.6 Å². The van der Waals surface area contributed by atoms with Crippen molar-refractivity contribution in [2.75, 3.05) is 58.4 Å². The molecule has 2 rings (SSSR count). The predicted octanol–water partition coefficient (Wildman–Crippen LogP) is 2.35. The van der Waals surface area contributed by atoms with E-state index in [2.05, 4.69) is 26.2 Å². The Morgan fingerprint density at radius 2 is 1.93 bits per heavy atom. The van der Waals surface area contributed by atoms with Gasteiger partial charge >= 0.3 is 5.97 Å². The fraction of sp³-hybridized carbons (Fsp3) is 0.579. The Hall–Kier alpha value is -1.71. The molecule has 0 amide bonds. The molecule has 1 heterocycles. The van der Waals surface area contributed by atoms with Crippen molar-refractivity contribution in [2.45, 2.75) is 19.8 Å². The summed E-state index contributed by atoms with van der Waals surface area (Å²) < 4.78 is 10.4. The molecule has 0 atom stereocenters. The molecule has 0 saturated carbocycles. The van der Waals surface area contributed by atoms with E-state index in [9.17, 15) is 4.79 Å². The van der Waals surface area contributed by atoms with Gasteiger partial charge in [0.15, 0.2) is 5.96 Å². The third-order valence-electron chi connectivity index (χ3n) is 4.36. The smallest absolute Gasteiger partial charge is 0.305 e. The summed E-state index contributed by atoms with van der Waals surface area (Å²) in [4.78, 5) is 20.3. The molecule has 1 aliphatic heterocycles. The second kappa shape index (κ2) is 12.6. The molecular formula is C19H31IN4O3. The number of carbonyl (C=O) groups is 1. The average molecular weight is 490 g/mol. The van der Waals surface area contributed by atoms with E-state index >= 15 is 0 Å². The zero-order chi connectivity index (χ0) is 18.8. The molecule has 1 aliphatic rings. The van der Waals surface area contributed by atoms with Crippen molar-refractivity contribution in [1.29, 1.82) is 0 Å². The first kappa shape index (κ1) is 23.3. The van der Waals surface area contributed by atoms with Gasteiger partial charge in [-0.1, -0.05) is 12.1 Å². The molecule has 0 bridgehead atoms. The van der Waals surface area contributed by atoms with Gasteiger partial charge in [-0.25, -0.2) is 0 Å². The molecule has 1 fully saturated rings. The molecule has 7 nitrogen and oxygen atoms in total. The van der Waals surface area contributed by atoms with Gasteiger partial charge in [0, 0.05) is 46.2 Å². The normalized spacial score (nSPS) is 14.4. The van der Waals surface area contributed by atoms with Gasteiger partial charge in [-0.2, -0.15) is 0 Å². The number of hydrogen-bond donors (Lipinski definition) is 1. The summed E-state index contributed by atoms with van der Waals surface area (Å²) in [5, 5.41) is 3.34. The summed E-state index contributed by atoms with van der Waals surface area (Å²) in [7, 11) is 3.50. The average Bonchev–Trinajstić information content (AvgIpc) is 2.68. The Morgan fingerprint density at radius 1 is 1.22 bits per heavy atom. The van der Waals surface area contributed by atoms with Crippen LogP contribution in [-0.2, 0) is 9.53 Å². The van der Waals surface area contributed by atoms with E-state index in [1.165, 1.54) is 0 Å². The number of para-hydroxylation sites is 2. The minimum atomic E-state index is -0.144. The number of aliphatic imine (C=N–C) groups is 1. The Bertz CT molecular complexity index is 604. The molecule has 1 aromatic rings. The number of carbonyl (C=O) groups excluding carboxylic acids is 1. The van der Waals surface area contributed by atoms with Crippen LogP contribution in [0.5, 0.6) is 5.75 Å². The number of anilines is 1. The van der Waals surface area contributed by atoms with Crippen LogP contribution in [0.3, 0.4) is 0 Å². The number of rotatable bonds is 7. The first-order chi connectivity index (χ1) is 12.7. The summed E-state index contributed by atoms with van der Waals surface area (Å²) in [6.07, 6.45) is 1.17. The van der Waals surface area contributed by atoms with E-state index in [1.54, 1.807) is 14.2 Å². The molecular weight excluding hydrogens is 459 g/mol. The van der Waals surface area contributed by atoms with Crippen molar-refractivity contribution < 1.29 is 14.3 Å². The first-order valence-corrected chi connectivity index (χ1v) is 9.18. The van der Waals surface area contributed by atoms with E-state index < -0.39 is 0 Å². The minimum Gasteiger partial charge on any atom is -0.495 e. The molecule has 0 spiro atoms. The lowest BCUT2D eigenvalue weighted by molar-refractivity contribution is -0.143. The van der Waals surface area contributed by atoms with Gasteiger partial charge in [0.2, 0.25) is 0 Å². The monoisotopic (exact) mass is 490 g/mol. The number of halogens is 1. The number of nitrogens with zero attached hydrogens (tertiary/aromatic N) is 3. The molecule has 27 heavy (non-hydrogen) atoms. The highest BCUT2D eigenvalue weighted by atomic mass is 127. The maximum atomic E-state index is 11.4. The lowest BCUT2D eigenvalue weighted by Crippen LogP contribution is -2.52. The number of esters is 1. The number of hydrogen-bond acceptors (Lipinski definition) is 5. The first-order valence-electron chi connectivity index (χ1n) is 9.18. The molecule has 0 unspecified atom stereocenters. The number of piperazine rings is 1. The SMILES string of the molecule is CCOC(=O)CCCNC(=NC)N1CCN(c2ccccc2OC)CC1.I. The molecule has 8 heteroatoms. The van der Waals surface area contributed by atoms with Crippen molar-refractivity contribution in [2.24, 2.45) is 4.99 Å². The summed E-state index contributed by atoms with van der Waals surface area (Å²) in [6, 6.07) is 8.11. The van der Waals surface area contributed by atoms with Crippen LogP contribution in [0, 0.1) is 0 Å².